The van der Waals surface area contributed by atoms with Gasteiger partial charge in [0.15, 0.2) is 5.15 Å². The summed E-state index contributed by atoms with van der Waals surface area (Å²) in [7, 11) is 0. The molecular formula is C7H6ClN5O2. The first kappa shape index (κ1) is 9.81. The van der Waals surface area contributed by atoms with Gasteiger partial charge in [0.2, 0.25) is 0 Å². The van der Waals surface area contributed by atoms with Crippen molar-refractivity contribution in [3.63, 3.8) is 0 Å². The first-order chi connectivity index (χ1) is 7.11. The molecule has 3 N–H and O–H groups in total. The van der Waals surface area contributed by atoms with Crippen LogP contribution in [0.15, 0.2) is 12.4 Å². The monoisotopic (exact) mass is 227 g/mol. The van der Waals surface area contributed by atoms with Crippen LogP contribution >= 0.6 is 11.6 Å². The van der Waals surface area contributed by atoms with E-state index in [0.29, 0.717) is 0 Å². The molecule has 78 valence electrons. The lowest BCUT2D eigenvalue weighted by molar-refractivity contribution is -0.138. The zero-order valence-corrected chi connectivity index (χ0v) is 8.09. The summed E-state index contributed by atoms with van der Waals surface area (Å²) in [4.78, 5) is 18.4. The molecule has 1 atom stereocenters. The molecule has 2 aromatic heterocycles. The maximum Gasteiger partial charge on any atom is 0.326 e. The number of aliphatic carboxylic acids is 1. The van der Waals surface area contributed by atoms with Gasteiger partial charge in [-0.25, -0.2) is 9.97 Å². The number of hydrogen-bond acceptors (Lipinski definition) is 5. The fourth-order valence-corrected chi connectivity index (χ4v) is 1.37. The van der Waals surface area contributed by atoms with Gasteiger partial charge in [-0.05, 0) is 0 Å². The van der Waals surface area contributed by atoms with Gasteiger partial charge < -0.3 is 10.8 Å². The summed E-state index contributed by atoms with van der Waals surface area (Å²) < 4.78 is 1.22. The van der Waals surface area contributed by atoms with E-state index in [2.05, 4.69) is 15.1 Å². The molecule has 0 bridgehead atoms. The number of imidazole rings is 1. The van der Waals surface area contributed by atoms with Crippen molar-refractivity contribution in [3.8, 4) is 0 Å². The van der Waals surface area contributed by atoms with Crippen LogP contribution in [0.25, 0.3) is 5.78 Å². The standard InChI is InChI=1S/C7H6ClN5O2/c8-5-4(3(9)6(14)15)12-7-10-1-2-11-13(5)7/h1-3H,9H2,(H,14,15). The third-order valence-corrected chi connectivity index (χ3v) is 2.16. The van der Waals surface area contributed by atoms with E-state index in [1.807, 2.05) is 0 Å². The number of hydrogen-bond donors (Lipinski definition) is 2. The molecule has 2 rings (SSSR count). The second-order valence-electron chi connectivity index (χ2n) is 2.76. The van der Waals surface area contributed by atoms with Crippen molar-refractivity contribution in [1.82, 2.24) is 19.6 Å². The van der Waals surface area contributed by atoms with E-state index in [1.54, 1.807) is 0 Å². The van der Waals surface area contributed by atoms with Crippen LogP contribution in [-0.4, -0.2) is 30.7 Å². The van der Waals surface area contributed by atoms with E-state index in [9.17, 15) is 4.79 Å². The maximum absolute atomic E-state index is 10.7. The Kier molecular flexibility index (Phi) is 2.25. The Morgan fingerprint density at radius 2 is 2.33 bits per heavy atom. The van der Waals surface area contributed by atoms with E-state index >= 15 is 0 Å². The van der Waals surface area contributed by atoms with Crippen molar-refractivity contribution < 1.29 is 9.90 Å². The Bertz CT molecular complexity index is 525. The molecule has 15 heavy (non-hydrogen) atoms. The average Bonchev–Trinajstić information content (AvgIpc) is 2.56. The summed E-state index contributed by atoms with van der Waals surface area (Å²) in [6.07, 6.45) is 2.84. The second kappa shape index (κ2) is 3.44. The third-order valence-electron chi connectivity index (χ3n) is 1.81. The molecule has 0 amide bonds. The molecule has 0 radical (unpaired) electrons. The zero-order chi connectivity index (χ0) is 11.0. The number of carbonyl (C=O) groups is 1. The van der Waals surface area contributed by atoms with E-state index < -0.39 is 12.0 Å². The maximum atomic E-state index is 10.7. The highest BCUT2D eigenvalue weighted by atomic mass is 35.5. The first-order valence-corrected chi connectivity index (χ1v) is 4.32. The minimum atomic E-state index is -1.28. The third kappa shape index (κ3) is 1.51. The van der Waals surface area contributed by atoms with Gasteiger partial charge in [-0.15, -0.1) is 0 Å². The van der Waals surface area contributed by atoms with Gasteiger partial charge in [0.05, 0.1) is 12.4 Å². The van der Waals surface area contributed by atoms with Crippen LogP contribution in [0, 0.1) is 0 Å². The molecule has 7 nitrogen and oxygen atoms in total. The highest BCUT2D eigenvalue weighted by molar-refractivity contribution is 6.30. The smallest absolute Gasteiger partial charge is 0.326 e. The molecule has 0 spiro atoms. The summed E-state index contributed by atoms with van der Waals surface area (Å²) in [6, 6.07) is -1.28. The lowest BCUT2D eigenvalue weighted by Gasteiger charge is -2.01. The van der Waals surface area contributed by atoms with Crippen LogP contribution in [0.2, 0.25) is 5.15 Å². The van der Waals surface area contributed by atoms with Gasteiger partial charge in [-0.2, -0.15) is 9.61 Å². The number of halogens is 1. The largest absolute Gasteiger partial charge is 0.480 e. The zero-order valence-electron chi connectivity index (χ0n) is 7.33. The van der Waals surface area contributed by atoms with E-state index in [0.717, 1.165) is 0 Å². The average molecular weight is 228 g/mol. The van der Waals surface area contributed by atoms with Gasteiger partial charge in [0.1, 0.15) is 11.7 Å². The van der Waals surface area contributed by atoms with Crippen molar-refractivity contribution in [2.45, 2.75) is 6.04 Å². The van der Waals surface area contributed by atoms with Gasteiger partial charge in [0, 0.05) is 0 Å². The van der Waals surface area contributed by atoms with Crippen molar-refractivity contribution >= 4 is 23.3 Å². The van der Waals surface area contributed by atoms with Crippen molar-refractivity contribution in [2.75, 3.05) is 0 Å². The molecule has 0 fully saturated rings. The molecule has 0 aromatic carbocycles. The molecule has 2 heterocycles. The Labute approximate surface area is 88.5 Å². The molecular weight excluding hydrogens is 222 g/mol. The van der Waals surface area contributed by atoms with E-state index in [4.69, 9.17) is 22.4 Å². The van der Waals surface area contributed by atoms with Gasteiger partial charge >= 0.3 is 5.97 Å². The fourth-order valence-electron chi connectivity index (χ4n) is 1.09. The number of nitrogens with zero attached hydrogens (tertiary/aromatic N) is 4. The summed E-state index contributed by atoms with van der Waals surface area (Å²) in [6.45, 7) is 0. The molecule has 0 aliphatic carbocycles. The van der Waals surface area contributed by atoms with Crippen LogP contribution in [0.5, 0.6) is 0 Å². The fraction of sp³-hybridized carbons (Fsp3) is 0.143. The number of carboxylic acids is 1. The lowest BCUT2D eigenvalue weighted by Crippen LogP contribution is -2.21. The molecule has 0 saturated carbocycles. The van der Waals surface area contributed by atoms with Crippen molar-refractivity contribution in [1.29, 1.82) is 0 Å². The summed E-state index contributed by atoms with van der Waals surface area (Å²) in [5.74, 6) is -0.991. The highest BCUT2D eigenvalue weighted by Gasteiger charge is 2.23. The minimum Gasteiger partial charge on any atom is -0.480 e. The first-order valence-electron chi connectivity index (χ1n) is 3.95. The van der Waals surface area contributed by atoms with E-state index in [1.165, 1.54) is 16.9 Å². The van der Waals surface area contributed by atoms with E-state index in [-0.39, 0.29) is 16.6 Å². The molecule has 8 heteroatoms. The predicted molar refractivity (Wildman–Crippen MR) is 50.4 cm³/mol. The number of fused-ring (bicyclic) bond motifs is 1. The summed E-state index contributed by atoms with van der Waals surface area (Å²) in [5, 5.41) is 12.6. The van der Waals surface area contributed by atoms with Gasteiger partial charge in [-0.3, -0.25) is 4.79 Å². The molecule has 1 unspecified atom stereocenters. The number of rotatable bonds is 2. The lowest BCUT2D eigenvalue weighted by atomic mass is 10.2. The van der Waals surface area contributed by atoms with Crippen LogP contribution in [0.3, 0.4) is 0 Å². The molecule has 0 aliphatic heterocycles. The van der Waals surface area contributed by atoms with Gasteiger partial charge in [-0.1, -0.05) is 11.6 Å². The predicted octanol–water partition coefficient (Wildman–Crippen LogP) is -0.138. The topological polar surface area (TPSA) is 106 Å². The minimum absolute atomic E-state index is 0.0513. The van der Waals surface area contributed by atoms with Crippen molar-refractivity contribution in [3.05, 3.63) is 23.2 Å². The molecule has 0 aliphatic rings. The Hall–Kier alpha value is -1.73. The molecule has 2 aromatic rings. The number of nitrogens with two attached hydrogens (primary N) is 1. The van der Waals surface area contributed by atoms with Crippen LogP contribution in [0.4, 0.5) is 0 Å². The van der Waals surface area contributed by atoms with Gasteiger partial charge in [0.25, 0.3) is 5.78 Å². The Balaban J connectivity index is 2.63. The second-order valence-corrected chi connectivity index (χ2v) is 3.12. The Morgan fingerprint density at radius 1 is 1.60 bits per heavy atom. The quantitative estimate of drug-likeness (QED) is 0.740. The highest BCUT2D eigenvalue weighted by Crippen LogP contribution is 2.20. The van der Waals surface area contributed by atoms with Crippen LogP contribution < -0.4 is 5.73 Å². The SMILES string of the molecule is NC(C(=O)O)c1nc2nccnn2c1Cl. The van der Waals surface area contributed by atoms with Crippen LogP contribution in [0.1, 0.15) is 11.7 Å². The van der Waals surface area contributed by atoms with Crippen molar-refractivity contribution in [2.24, 2.45) is 5.73 Å². The summed E-state index contributed by atoms with van der Waals surface area (Å²) >= 11 is 5.85. The molecule has 0 saturated heterocycles. The Morgan fingerprint density at radius 3 is 2.93 bits per heavy atom. The normalized spacial score (nSPS) is 12.9. The number of aromatic nitrogens is 4. The number of carboxylic acid groups (broad SMARTS) is 1. The van der Waals surface area contributed by atoms with Crippen LogP contribution in [-0.2, 0) is 4.79 Å². The summed E-state index contributed by atoms with van der Waals surface area (Å²) in [5.41, 5.74) is 5.44.